The second-order valence-corrected chi connectivity index (χ2v) is 6.85. The number of carboxylic acid groups (broad SMARTS) is 2. The van der Waals surface area contributed by atoms with Crippen LogP contribution >= 0.6 is 0 Å². The molecule has 4 nitrogen and oxygen atoms in total. The SMILES string of the molecule is O=C(O)[C@@H](Cc1ccccc1)[C@H](Cc1cccc(-c2ccccc2)c1)C(=O)O. The van der Waals surface area contributed by atoms with Crippen LogP contribution < -0.4 is 0 Å². The maximum atomic E-state index is 11.9. The summed E-state index contributed by atoms with van der Waals surface area (Å²) < 4.78 is 0. The number of carbonyl (C=O) groups is 2. The number of hydrogen-bond acceptors (Lipinski definition) is 2. The molecule has 142 valence electrons. The zero-order valence-corrected chi connectivity index (χ0v) is 15.4. The lowest BCUT2D eigenvalue weighted by Gasteiger charge is -2.21. The lowest BCUT2D eigenvalue weighted by molar-refractivity contribution is -0.153. The molecule has 0 heterocycles. The Hall–Kier alpha value is -3.40. The molecule has 4 heteroatoms. The first-order chi connectivity index (χ1) is 13.5. The summed E-state index contributed by atoms with van der Waals surface area (Å²) >= 11 is 0. The van der Waals surface area contributed by atoms with Crippen LogP contribution in [0.1, 0.15) is 11.1 Å². The average Bonchev–Trinajstić information content (AvgIpc) is 2.72. The Morgan fingerprint density at radius 3 is 1.64 bits per heavy atom. The van der Waals surface area contributed by atoms with Crippen molar-refractivity contribution in [3.63, 3.8) is 0 Å². The summed E-state index contributed by atoms with van der Waals surface area (Å²) in [5, 5.41) is 19.5. The molecule has 2 atom stereocenters. The third kappa shape index (κ3) is 4.86. The summed E-state index contributed by atoms with van der Waals surface area (Å²) in [6.45, 7) is 0. The van der Waals surface area contributed by atoms with E-state index >= 15 is 0 Å². The Balaban J connectivity index is 1.86. The van der Waals surface area contributed by atoms with Crippen LogP contribution in [0.4, 0.5) is 0 Å². The minimum atomic E-state index is -1.09. The van der Waals surface area contributed by atoms with Gasteiger partial charge >= 0.3 is 11.9 Å². The van der Waals surface area contributed by atoms with Gasteiger partial charge in [0.25, 0.3) is 0 Å². The van der Waals surface area contributed by atoms with E-state index in [0.717, 1.165) is 22.3 Å². The highest BCUT2D eigenvalue weighted by atomic mass is 16.4. The van der Waals surface area contributed by atoms with Crippen molar-refractivity contribution in [2.75, 3.05) is 0 Å². The van der Waals surface area contributed by atoms with E-state index in [4.69, 9.17) is 0 Å². The first kappa shape index (κ1) is 19.4. The van der Waals surface area contributed by atoms with Crippen molar-refractivity contribution in [2.24, 2.45) is 11.8 Å². The van der Waals surface area contributed by atoms with Crippen molar-refractivity contribution >= 4 is 11.9 Å². The highest BCUT2D eigenvalue weighted by molar-refractivity contribution is 5.80. The molecule has 0 saturated heterocycles. The molecule has 0 unspecified atom stereocenters. The van der Waals surface area contributed by atoms with Gasteiger partial charge in [-0.2, -0.15) is 0 Å². The van der Waals surface area contributed by atoms with Gasteiger partial charge in [0.2, 0.25) is 0 Å². The quantitative estimate of drug-likeness (QED) is 0.607. The zero-order chi connectivity index (χ0) is 19.9. The fourth-order valence-corrected chi connectivity index (χ4v) is 3.43. The van der Waals surface area contributed by atoms with Crippen molar-refractivity contribution in [1.82, 2.24) is 0 Å². The van der Waals surface area contributed by atoms with Crippen LogP contribution in [0.5, 0.6) is 0 Å². The van der Waals surface area contributed by atoms with Gasteiger partial charge in [0, 0.05) is 0 Å². The molecular formula is C24H22O4. The predicted octanol–water partition coefficient (Wildman–Crippen LogP) is 4.54. The molecule has 0 amide bonds. The van der Waals surface area contributed by atoms with Gasteiger partial charge in [-0.15, -0.1) is 0 Å². The minimum absolute atomic E-state index is 0.166. The molecule has 0 bridgehead atoms. The Morgan fingerprint density at radius 1 is 0.607 bits per heavy atom. The highest BCUT2D eigenvalue weighted by Crippen LogP contribution is 2.26. The summed E-state index contributed by atoms with van der Waals surface area (Å²) in [6, 6.07) is 26.6. The smallest absolute Gasteiger partial charge is 0.307 e. The molecule has 28 heavy (non-hydrogen) atoms. The van der Waals surface area contributed by atoms with Crippen LogP contribution in [-0.4, -0.2) is 22.2 Å². The van der Waals surface area contributed by atoms with Crippen LogP contribution in [0.2, 0.25) is 0 Å². The normalized spacial score (nSPS) is 12.9. The second-order valence-electron chi connectivity index (χ2n) is 6.85. The standard InChI is InChI=1S/C24H22O4/c25-23(26)21(15-17-8-3-1-4-9-17)22(24(27)28)16-18-10-7-13-20(14-18)19-11-5-2-6-12-19/h1-14,21-22H,15-16H2,(H,25,26)(H,27,28)/t21-,22-/m0/s1. The van der Waals surface area contributed by atoms with Crippen molar-refractivity contribution in [1.29, 1.82) is 0 Å². The molecule has 3 rings (SSSR count). The monoisotopic (exact) mass is 374 g/mol. The summed E-state index contributed by atoms with van der Waals surface area (Å²) in [5.74, 6) is -4.19. The lowest BCUT2D eigenvalue weighted by atomic mass is 9.82. The van der Waals surface area contributed by atoms with Gasteiger partial charge in [0.05, 0.1) is 11.8 Å². The molecule has 0 saturated carbocycles. The Labute approximate surface area is 164 Å². The Bertz CT molecular complexity index is 935. The molecule has 0 aliphatic heterocycles. The summed E-state index contributed by atoms with van der Waals surface area (Å²) in [7, 11) is 0. The fourth-order valence-electron chi connectivity index (χ4n) is 3.43. The Kier molecular flexibility index (Phi) is 6.22. The van der Waals surface area contributed by atoms with Crippen LogP contribution in [0, 0.1) is 11.8 Å². The first-order valence-electron chi connectivity index (χ1n) is 9.18. The molecule has 0 radical (unpaired) electrons. The van der Waals surface area contributed by atoms with Gasteiger partial charge in [-0.25, -0.2) is 0 Å². The van der Waals surface area contributed by atoms with Crippen molar-refractivity contribution < 1.29 is 19.8 Å². The highest BCUT2D eigenvalue weighted by Gasteiger charge is 2.34. The Morgan fingerprint density at radius 2 is 1.07 bits per heavy atom. The molecule has 0 aliphatic carbocycles. The topological polar surface area (TPSA) is 74.6 Å². The van der Waals surface area contributed by atoms with Crippen molar-refractivity contribution in [3.05, 3.63) is 96.1 Å². The van der Waals surface area contributed by atoms with Crippen LogP contribution in [0.25, 0.3) is 11.1 Å². The molecule has 0 fully saturated rings. The summed E-state index contributed by atoms with van der Waals surface area (Å²) in [4.78, 5) is 23.8. The predicted molar refractivity (Wildman–Crippen MR) is 108 cm³/mol. The fraction of sp³-hybridized carbons (Fsp3) is 0.167. The van der Waals surface area contributed by atoms with Gasteiger partial charge in [0.15, 0.2) is 0 Å². The zero-order valence-electron chi connectivity index (χ0n) is 15.4. The van der Waals surface area contributed by atoms with Crippen LogP contribution in [0.15, 0.2) is 84.9 Å². The van der Waals surface area contributed by atoms with E-state index in [1.54, 1.807) is 0 Å². The molecule has 3 aromatic carbocycles. The molecular weight excluding hydrogens is 352 g/mol. The number of carboxylic acids is 2. The average molecular weight is 374 g/mol. The van der Waals surface area contributed by atoms with E-state index in [0.29, 0.717) is 0 Å². The third-order valence-electron chi connectivity index (χ3n) is 4.91. The molecule has 3 aromatic rings. The van der Waals surface area contributed by atoms with Crippen molar-refractivity contribution in [2.45, 2.75) is 12.8 Å². The second kappa shape index (κ2) is 9.00. The number of aliphatic carboxylic acids is 2. The van der Waals surface area contributed by atoms with E-state index in [9.17, 15) is 19.8 Å². The van der Waals surface area contributed by atoms with E-state index in [-0.39, 0.29) is 12.8 Å². The van der Waals surface area contributed by atoms with E-state index in [1.807, 2.05) is 84.9 Å². The van der Waals surface area contributed by atoms with Crippen LogP contribution in [-0.2, 0) is 22.4 Å². The third-order valence-corrected chi connectivity index (χ3v) is 4.91. The number of hydrogen-bond donors (Lipinski definition) is 2. The molecule has 2 N–H and O–H groups in total. The number of benzene rings is 3. The maximum absolute atomic E-state index is 11.9. The van der Waals surface area contributed by atoms with Gasteiger partial charge in [-0.1, -0.05) is 84.9 Å². The number of rotatable bonds is 8. The largest absolute Gasteiger partial charge is 0.481 e. The first-order valence-corrected chi connectivity index (χ1v) is 9.18. The van der Waals surface area contributed by atoms with E-state index in [2.05, 4.69) is 0 Å². The van der Waals surface area contributed by atoms with Gasteiger partial charge in [-0.05, 0) is 35.1 Å². The van der Waals surface area contributed by atoms with Gasteiger partial charge in [0.1, 0.15) is 0 Å². The van der Waals surface area contributed by atoms with Gasteiger partial charge in [-0.3, -0.25) is 9.59 Å². The molecule has 0 spiro atoms. The van der Waals surface area contributed by atoms with E-state index < -0.39 is 23.8 Å². The minimum Gasteiger partial charge on any atom is -0.481 e. The summed E-state index contributed by atoms with van der Waals surface area (Å²) in [5.41, 5.74) is 3.65. The van der Waals surface area contributed by atoms with Gasteiger partial charge < -0.3 is 10.2 Å². The van der Waals surface area contributed by atoms with Crippen LogP contribution in [0.3, 0.4) is 0 Å². The maximum Gasteiger partial charge on any atom is 0.307 e. The van der Waals surface area contributed by atoms with E-state index in [1.165, 1.54) is 0 Å². The molecule has 0 aromatic heterocycles. The lowest BCUT2D eigenvalue weighted by Crippen LogP contribution is -2.33. The van der Waals surface area contributed by atoms with Crippen molar-refractivity contribution in [3.8, 4) is 11.1 Å². The summed E-state index contributed by atoms with van der Waals surface area (Å²) in [6.07, 6.45) is 0.353. The molecule has 0 aliphatic rings.